The first kappa shape index (κ1) is 22.8. The van der Waals surface area contributed by atoms with E-state index in [-0.39, 0.29) is 0 Å². The fourth-order valence-electron chi connectivity index (χ4n) is 2.60. The average Bonchev–Trinajstić information content (AvgIpc) is 2.56. The van der Waals surface area contributed by atoms with Gasteiger partial charge in [-0.3, -0.25) is 10.9 Å². The molecule has 0 saturated heterocycles. The van der Waals surface area contributed by atoms with Crippen molar-refractivity contribution < 1.29 is 0 Å². The summed E-state index contributed by atoms with van der Waals surface area (Å²) in [5, 5.41) is 8.34. The summed E-state index contributed by atoms with van der Waals surface area (Å²) in [6.07, 6.45) is 7.50. The van der Waals surface area contributed by atoms with E-state index >= 15 is 0 Å². The molecule has 0 atom stereocenters. The Labute approximate surface area is 145 Å². The number of hydrogen-bond donors (Lipinski definition) is 3. The normalized spacial score (nSPS) is 11.7. The van der Waals surface area contributed by atoms with Crippen LogP contribution in [0.4, 0.5) is 0 Å². The van der Waals surface area contributed by atoms with Crippen LogP contribution in [0.2, 0.25) is 0 Å². The molecule has 0 spiro atoms. The third-order valence-electron chi connectivity index (χ3n) is 3.89. The van der Waals surface area contributed by atoms with E-state index in [9.17, 15) is 0 Å². The van der Waals surface area contributed by atoms with Crippen LogP contribution in [0, 0.1) is 0 Å². The van der Waals surface area contributed by atoms with Gasteiger partial charge in [0.1, 0.15) is 0 Å². The Kier molecular flexibility index (Phi) is 18.0. The molecule has 0 rings (SSSR count). The van der Waals surface area contributed by atoms with Gasteiger partial charge in [0.05, 0.1) is 0 Å². The first-order valence-electron chi connectivity index (χ1n) is 9.95. The van der Waals surface area contributed by atoms with Gasteiger partial charge in [-0.1, -0.05) is 40.5 Å². The van der Waals surface area contributed by atoms with Crippen molar-refractivity contribution in [3.05, 3.63) is 0 Å². The SMILES string of the molecule is CCCCN(CCCNCCCN(CCCC)NCC)NCC. The van der Waals surface area contributed by atoms with Crippen molar-refractivity contribution in [1.29, 1.82) is 0 Å². The molecular weight excluding hydrogens is 286 g/mol. The van der Waals surface area contributed by atoms with Gasteiger partial charge in [0, 0.05) is 39.3 Å². The molecule has 0 bridgehead atoms. The van der Waals surface area contributed by atoms with Crippen LogP contribution in [0.3, 0.4) is 0 Å². The van der Waals surface area contributed by atoms with Gasteiger partial charge < -0.3 is 5.32 Å². The lowest BCUT2D eigenvalue weighted by atomic mass is 10.3. The minimum absolute atomic E-state index is 1.02. The Morgan fingerprint density at radius 1 is 0.565 bits per heavy atom. The van der Waals surface area contributed by atoms with E-state index < -0.39 is 0 Å². The van der Waals surface area contributed by atoms with Crippen LogP contribution in [0.5, 0.6) is 0 Å². The zero-order valence-electron chi connectivity index (χ0n) is 16.3. The molecule has 0 saturated carbocycles. The Bertz CT molecular complexity index is 203. The number of hydrazine groups is 2. The molecule has 0 unspecified atom stereocenters. The number of nitrogens with zero attached hydrogens (tertiary/aromatic N) is 2. The minimum Gasteiger partial charge on any atom is -0.317 e. The Hall–Kier alpha value is -0.200. The van der Waals surface area contributed by atoms with E-state index in [0.717, 1.165) is 39.3 Å². The largest absolute Gasteiger partial charge is 0.317 e. The quantitative estimate of drug-likeness (QED) is 0.266. The lowest BCUT2D eigenvalue weighted by Crippen LogP contribution is -2.41. The van der Waals surface area contributed by atoms with E-state index in [4.69, 9.17) is 0 Å². The second-order valence-corrected chi connectivity index (χ2v) is 6.16. The zero-order chi connectivity index (χ0) is 17.2. The number of rotatable bonds is 18. The Morgan fingerprint density at radius 2 is 0.957 bits per heavy atom. The van der Waals surface area contributed by atoms with Crippen molar-refractivity contribution in [2.45, 2.75) is 66.2 Å². The topological polar surface area (TPSA) is 42.6 Å². The third kappa shape index (κ3) is 15.1. The monoisotopic (exact) mass is 329 g/mol. The summed E-state index contributed by atoms with van der Waals surface area (Å²) >= 11 is 0. The lowest BCUT2D eigenvalue weighted by Gasteiger charge is -2.23. The van der Waals surface area contributed by atoms with Crippen LogP contribution in [-0.4, -0.2) is 62.4 Å². The van der Waals surface area contributed by atoms with Crippen LogP contribution in [0.1, 0.15) is 66.2 Å². The average molecular weight is 330 g/mol. The van der Waals surface area contributed by atoms with Crippen molar-refractivity contribution in [3.8, 4) is 0 Å². The van der Waals surface area contributed by atoms with E-state index in [0.29, 0.717) is 0 Å². The summed E-state index contributed by atoms with van der Waals surface area (Å²) in [5.41, 5.74) is 6.92. The highest BCUT2D eigenvalue weighted by Gasteiger charge is 2.03. The molecule has 0 fully saturated rings. The number of unbranched alkanes of at least 4 members (excludes halogenated alkanes) is 2. The minimum atomic E-state index is 1.02. The van der Waals surface area contributed by atoms with Crippen LogP contribution >= 0.6 is 0 Å². The molecule has 0 heterocycles. The van der Waals surface area contributed by atoms with Crippen LogP contribution in [-0.2, 0) is 0 Å². The molecule has 0 aromatic carbocycles. The molecule has 23 heavy (non-hydrogen) atoms. The molecule has 140 valence electrons. The molecular formula is C18H43N5. The molecule has 0 aromatic rings. The Balaban J connectivity index is 3.58. The maximum atomic E-state index is 3.58. The van der Waals surface area contributed by atoms with Crippen molar-refractivity contribution in [2.75, 3.05) is 52.4 Å². The summed E-state index contributed by atoms with van der Waals surface area (Å²) in [5.74, 6) is 0. The highest BCUT2D eigenvalue weighted by atomic mass is 15.5. The third-order valence-corrected chi connectivity index (χ3v) is 3.89. The van der Waals surface area contributed by atoms with E-state index in [2.05, 4.69) is 53.9 Å². The van der Waals surface area contributed by atoms with Crippen LogP contribution in [0.25, 0.3) is 0 Å². The number of nitrogens with one attached hydrogen (secondary N) is 3. The van der Waals surface area contributed by atoms with Gasteiger partial charge in [-0.2, -0.15) is 0 Å². The summed E-state index contributed by atoms with van der Waals surface area (Å²) in [7, 11) is 0. The second kappa shape index (κ2) is 18.1. The molecule has 5 nitrogen and oxygen atoms in total. The predicted molar refractivity (Wildman–Crippen MR) is 102 cm³/mol. The molecule has 0 aliphatic heterocycles. The van der Waals surface area contributed by atoms with E-state index in [1.807, 2.05) is 0 Å². The first-order valence-corrected chi connectivity index (χ1v) is 9.95. The first-order chi connectivity index (χ1) is 11.3. The van der Waals surface area contributed by atoms with Gasteiger partial charge in [0.25, 0.3) is 0 Å². The van der Waals surface area contributed by atoms with Crippen LogP contribution in [0.15, 0.2) is 0 Å². The molecule has 0 aromatic heterocycles. The van der Waals surface area contributed by atoms with E-state index in [1.54, 1.807) is 0 Å². The molecule has 0 radical (unpaired) electrons. The van der Waals surface area contributed by atoms with Gasteiger partial charge in [-0.25, -0.2) is 10.0 Å². The Morgan fingerprint density at radius 3 is 1.30 bits per heavy atom. The fraction of sp³-hybridized carbons (Fsp3) is 1.00. The summed E-state index contributed by atoms with van der Waals surface area (Å²) in [6.45, 7) is 17.7. The lowest BCUT2D eigenvalue weighted by molar-refractivity contribution is 0.182. The van der Waals surface area contributed by atoms with Gasteiger partial charge >= 0.3 is 0 Å². The van der Waals surface area contributed by atoms with Crippen molar-refractivity contribution in [2.24, 2.45) is 0 Å². The van der Waals surface area contributed by atoms with E-state index in [1.165, 1.54) is 51.6 Å². The van der Waals surface area contributed by atoms with Crippen LogP contribution < -0.4 is 16.2 Å². The second-order valence-electron chi connectivity index (χ2n) is 6.16. The van der Waals surface area contributed by atoms with Gasteiger partial charge in [-0.15, -0.1) is 0 Å². The molecule has 0 aliphatic carbocycles. The molecule has 0 amide bonds. The maximum absolute atomic E-state index is 3.58. The maximum Gasteiger partial charge on any atom is 0.0143 e. The predicted octanol–water partition coefficient (Wildman–Crippen LogP) is 2.61. The standard InChI is InChI=1S/C18H43N5/c1-5-9-15-22(20-7-3)17-11-13-19-14-12-18-23(21-8-4)16-10-6-2/h19-21H,5-18H2,1-4H3. The fourth-order valence-corrected chi connectivity index (χ4v) is 2.60. The highest BCUT2D eigenvalue weighted by Crippen LogP contribution is 1.95. The van der Waals surface area contributed by atoms with Gasteiger partial charge in [0.2, 0.25) is 0 Å². The van der Waals surface area contributed by atoms with Crippen molar-refractivity contribution >= 4 is 0 Å². The zero-order valence-corrected chi connectivity index (χ0v) is 16.3. The molecule has 0 aliphatic rings. The summed E-state index contributed by atoms with van der Waals surface area (Å²) in [4.78, 5) is 0. The van der Waals surface area contributed by atoms with Gasteiger partial charge in [0.15, 0.2) is 0 Å². The molecule has 3 N–H and O–H groups in total. The number of hydrogen-bond acceptors (Lipinski definition) is 5. The van der Waals surface area contributed by atoms with Gasteiger partial charge in [-0.05, 0) is 38.8 Å². The highest BCUT2D eigenvalue weighted by molar-refractivity contribution is 4.58. The smallest absolute Gasteiger partial charge is 0.0143 e. The summed E-state index contributed by atoms with van der Waals surface area (Å²) < 4.78 is 0. The van der Waals surface area contributed by atoms with Crippen molar-refractivity contribution in [1.82, 2.24) is 26.2 Å². The molecule has 5 heteroatoms. The summed E-state index contributed by atoms with van der Waals surface area (Å²) in [6, 6.07) is 0. The van der Waals surface area contributed by atoms with Crippen molar-refractivity contribution in [3.63, 3.8) is 0 Å².